The Bertz CT molecular complexity index is 1220. The van der Waals surface area contributed by atoms with E-state index >= 15 is 0 Å². The standard InChI is InChI=1S/C30H39N5O2S/c1-7-33(5)28(36)23-10-8-22(9-11-23)21-38-29-31-26(30(2,3)4)20-27(32-29)35-18-16-34(17-19-35)24-12-14-25(37-6)15-13-24/h8-15,20H,7,16-19,21H2,1-6H3. The molecular weight excluding hydrogens is 494 g/mol. The fraction of sp³-hybridized carbons (Fsp3) is 0.433. The van der Waals surface area contributed by atoms with Crippen LogP contribution in [0.4, 0.5) is 11.5 Å². The summed E-state index contributed by atoms with van der Waals surface area (Å²) in [6, 6.07) is 18.3. The smallest absolute Gasteiger partial charge is 0.253 e. The van der Waals surface area contributed by atoms with Crippen molar-refractivity contribution in [3.05, 3.63) is 71.4 Å². The molecule has 3 aromatic rings. The second-order valence-electron chi connectivity index (χ2n) is 10.6. The fourth-order valence-corrected chi connectivity index (χ4v) is 5.08. The van der Waals surface area contributed by atoms with Gasteiger partial charge in [0.1, 0.15) is 11.6 Å². The number of rotatable bonds is 8. The van der Waals surface area contributed by atoms with Gasteiger partial charge in [0.15, 0.2) is 5.16 Å². The van der Waals surface area contributed by atoms with Crippen LogP contribution in [0.15, 0.2) is 59.8 Å². The molecule has 8 heteroatoms. The molecule has 0 bridgehead atoms. The second kappa shape index (κ2) is 12.1. The van der Waals surface area contributed by atoms with Crippen LogP contribution in [0.1, 0.15) is 49.3 Å². The Balaban J connectivity index is 1.45. The maximum absolute atomic E-state index is 12.4. The van der Waals surface area contributed by atoms with E-state index in [1.807, 2.05) is 50.4 Å². The molecule has 0 unspecified atom stereocenters. The van der Waals surface area contributed by atoms with Crippen molar-refractivity contribution in [2.75, 3.05) is 56.7 Å². The van der Waals surface area contributed by atoms with Crippen molar-refractivity contribution >= 4 is 29.2 Å². The quantitative estimate of drug-likeness (QED) is 0.280. The topological polar surface area (TPSA) is 61.8 Å². The van der Waals surface area contributed by atoms with Crippen LogP contribution in [-0.2, 0) is 11.2 Å². The number of ether oxygens (including phenoxy) is 1. The van der Waals surface area contributed by atoms with Crippen LogP contribution in [0.2, 0.25) is 0 Å². The van der Waals surface area contributed by atoms with E-state index in [2.05, 4.69) is 48.8 Å². The molecule has 2 heterocycles. The Kier molecular flexibility index (Phi) is 8.82. The third kappa shape index (κ3) is 6.78. The molecule has 4 rings (SSSR count). The molecule has 1 aliphatic rings. The van der Waals surface area contributed by atoms with Crippen LogP contribution in [-0.4, -0.2) is 67.7 Å². The average Bonchev–Trinajstić information content (AvgIpc) is 2.95. The normalized spacial score (nSPS) is 13.9. The van der Waals surface area contributed by atoms with Crippen LogP contribution < -0.4 is 14.5 Å². The molecule has 1 aliphatic heterocycles. The number of benzene rings is 2. The molecule has 1 amide bonds. The lowest BCUT2D eigenvalue weighted by Gasteiger charge is -2.37. The van der Waals surface area contributed by atoms with Gasteiger partial charge in [-0.2, -0.15) is 0 Å². The number of aromatic nitrogens is 2. The van der Waals surface area contributed by atoms with Crippen LogP contribution in [0.25, 0.3) is 0 Å². The summed E-state index contributed by atoms with van der Waals surface area (Å²) in [5.41, 5.74) is 4.04. The number of hydrogen-bond donors (Lipinski definition) is 0. The van der Waals surface area contributed by atoms with Crippen molar-refractivity contribution in [3.63, 3.8) is 0 Å². The van der Waals surface area contributed by atoms with Crippen molar-refractivity contribution in [2.45, 2.75) is 44.0 Å². The van der Waals surface area contributed by atoms with Crippen LogP contribution in [0, 0.1) is 0 Å². The Morgan fingerprint density at radius 2 is 1.61 bits per heavy atom. The van der Waals surface area contributed by atoms with E-state index in [1.54, 1.807) is 23.8 Å². The number of carbonyl (C=O) groups excluding carboxylic acids is 1. The zero-order valence-electron chi connectivity index (χ0n) is 23.4. The van der Waals surface area contributed by atoms with E-state index in [9.17, 15) is 4.79 Å². The van der Waals surface area contributed by atoms with E-state index in [0.717, 1.165) is 59.9 Å². The highest BCUT2D eigenvalue weighted by Crippen LogP contribution is 2.29. The molecule has 1 aromatic heterocycles. The molecule has 0 saturated carbocycles. The molecular formula is C30H39N5O2S. The predicted octanol–water partition coefficient (Wildman–Crippen LogP) is 5.49. The average molecular weight is 534 g/mol. The zero-order chi connectivity index (χ0) is 27.3. The van der Waals surface area contributed by atoms with Crippen molar-refractivity contribution in [2.24, 2.45) is 0 Å². The van der Waals surface area contributed by atoms with E-state index < -0.39 is 0 Å². The Morgan fingerprint density at radius 3 is 2.18 bits per heavy atom. The molecule has 7 nitrogen and oxygen atoms in total. The van der Waals surface area contributed by atoms with Gasteiger partial charge in [0.05, 0.1) is 12.8 Å². The predicted molar refractivity (Wildman–Crippen MR) is 157 cm³/mol. The lowest BCUT2D eigenvalue weighted by atomic mass is 9.92. The van der Waals surface area contributed by atoms with Gasteiger partial charge < -0.3 is 19.4 Å². The van der Waals surface area contributed by atoms with E-state index in [1.165, 1.54) is 5.69 Å². The largest absolute Gasteiger partial charge is 0.497 e. The number of thioether (sulfide) groups is 1. The lowest BCUT2D eigenvalue weighted by Crippen LogP contribution is -2.47. The maximum Gasteiger partial charge on any atom is 0.253 e. The van der Waals surface area contributed by atoms with Gasteiger partial charge in [-0.1, -0.05) is 44.7 Å². The first-order valence-corrected chi connectivity index (χ1v) is 14.2. The molecule has 0 spiro atoms. The van der Waals surface area contributed by atoms with Crippen LogP contribution in [0.3, 0.4) is 0 Å². The number of amides is 1. The molecule has 2 aromatic carbocycles. The molecule has 1 saturated heterocycles. The summed E-state index contributed by atoms with van der Waals surface area (Å²) >= 11 is 1.64. The number of anilines is 2. The first kappa shape index (κ1) is 27.8. The monoisotopic (exact) mass is 533 g/mol. The van der Waals surface area contributed by atoms with Gasteiger partial charge in [0, 0.05) is 68.3 Å². The highest BCUT2D eigenvalue weighted by atomic mass is 32.2. The molecule has 0 radical (unpaired) electrons. The molecule has 0 N–H and O–H groups in total. The Labute approximate surface area is 231 Å². The molecule has 38 heavy (non-hydrogen) atoms. The molecule has 1 fully saturated rings. The maximum atomic E-state index is 12.4. The Morgan fingerprint density at radius 1 is 0.974 bits per heavy atom. The highest BCUT2D eigenvalue weighted by molar-refractivity contribution is 7.98. The molecule has 0 atom stereocenters. The van der Waals surface area contributed by atoms with Crippen molar-refractivity contribution in [3.8, 4) is 5.75 Å². The minimum absolute atomic E-state index is 0.0460. The van der Waals surface area contributed by atoms with E-state index in [0.29, 0.717) is 12.1 Å². The number of methoxy groups -OCH3 is 1. The van der Waals surface area contributed by atoms with E-state index in [4.69, 9.17) is 14.7 Å². The SMILES string of the molecule is CCN(C)C(=O)c1ccc(CSc2nc(N3CCN(c4ccc(OC)cc4)CC3)cc(C(C)(C)C)n2)cc1. The third-order valence-electron chi connectivity index (χ3n) is 6.89. The first-order chi connectivity index (χ1) is 18.2. The summed E-state index contributed by atoms with van der Waals surface area (Å²) in [4.78, 5) is 28.8. The summed E-state index contributed by atoms with van der Waals surface area (Å²) in [5, 5.41) is 0.788. The summed E-state index contributed by atoms with van der Waals surface area (Å²) < 4.78 is 5.30. The van der Waals surface area contributed by atoms with Crippen molar-refractivity contribution in [1.29, 1.82) is 0 Å². The minimum atomic E-state index is -0.0781. The summed E-state index contributed by atoms with van der Waals surface area (Å²) in [7, 11) is 3.52. The summed E-state index contributed by atoms with van der Waals surface area (Å²) in [6.07, 6.45) is 0. The summed E-state index contributed by atoms with van der Waals surface area (Å²) in [6.45, 7) is 12.9. The van der Waals surface area contributed by atoms with E-state index in [-0.39, 0.29) is 11.3 Å². The van der Waals surface area contributed by atoms with Gasteiger partial charge in [0.2, 0.25) is 0 Å². The van der Waals surface area contributed by atoms with Gasteiger partial charge in [-0.25, -0.2) is 9.97 Å². The number of piperazine rings is 1. The van der Waals surface area contributed by atoms with Gasteiger partial charge in [-0.3, -0.25) is 4.79 Å². The van der Waals surface area contributed by atoms with Crippen LogP contribution >= 0.6 is 11.8 Å². The summed E-state index contributed by atoms with van der Waals surface area (Å²) in [5.74, 6) is 2.66. The zero-order valence-corrected chi connectivity index (χ0v) is 24.2. The van der Waals surface area contributed by atoms with Gasteiger partial charge in [0.25, 0.3) is 5.91 Å². The third-order valence-corrected chi connectivity index (χ3v) is 7.81. The Hall–Kier alpha value is -3.26. The highest BCUT2D eigenvalue weighted by Gasteiger charge is 2.23. The lowest BCUT2D eigenvalue weighted by molar-refractivity contribution is 0.0802. The molecule has 0 aliphatic carbocycles. The minimum Gasteiger partial charge on any atom is -0.497 e. The second-order valence-corrected chi connectivity index (χ2v) is 11.6. The number of carbonyl (C=O) groups is 1. The van der Waals surface area contributed by atoms with Crippen molar-refractivity contribution < 1.29 is 9.53 Å². The number of hydrogen-bond acceptors (Lipinski definition) is 7. The first-order valence-electron chi connectivity index (χ1n) is 13.2. The van der Waals surface area contributed by atoms with Gasteiger partial charge in [-0.15, -0.1) is 0 Å². The van der Waals surface area contributed by atoms with Gasteiger partial charge in [-0.05, 0) is 48.9 Å². The fourth-order valence-electron chi connectivity index (χ4n) is 4.27. The number of nitrogens with zero attached hydrogens (tertiary/aromatic N) is 5. The molecule has 202 valence electrons. The van der Waals surface area contributed by atoms with Crippen LogP contribution in [0.5, 0.6) is 5.75 Å². The van der Waals surface area contributed by atoms with Gasteiger partial charge >= 0.3 is 0 Å². The van der Waals surface area contributed by atoms with Crippen molar-refractivity contribution in [1.82, 2.24) is 14.9 Å².